The molecule has 1 heterocycles. The molecule has 1 rings (SSSR count). The normalized spacial score (nSPS) is 9.27. The van der Waals surface area contributed by atoms with Crippen LogP contribution in [0.25, 0.3) is 5.57 Å². The lowest BCUT2D eigenvalue weighted by molar-refractivity contribution is 0.406. The fraction of sp³-hybridized carbons (Fsp3) is 0.286. The molecule has 4 heteroatoms. The van der Waals surface area contributed by atoms with Crippen LogP contribution in [-0.2, 0) is 0 Å². The quantitative estimate of drug-likeness (QED) is 0.630. The van der Waals surface area contributed by atoms with Crippen LogP contribution in [0.1, 0.15) is 12.6 Å². The molecule has 1 aromatic heterocycles. The molecule has 0 aliphatic heterocycles. The molecular formula is C7H9N3O. The molecule has 0 amide bonds. The molecule has 58 valence electrons. The second kappa shape index (κ2) is 3.09. The Morgan fingerprint density at radius 1 is 1.64 bits per heavy atom. The summed E-state index contributed by atoms with van der Waals surface area (Å²) in [5.41, 5.74) is 1.47. The average molecular weight is 151 g/mol. The van der Waals surface area contributed by atoms with Crippen molar-refractivity contribution in [1.82, 2.24) is 15.4 Å². The summed E-state index contributed by atoms with van der Waals surface area (Å²) in [5.74, 6) is 0.604. The lowest BCUT2D eigenvalue weighted by Crippen LogP contribution is -1.96. The number of hydrogen-bond donors (Lipinski definition) is 0. The Morgan fingerprint density at radius 3 is 2.82 bits per heavy atom. The highest BCUT2D eigenvalue weighted by Gasteiger charge is 2.04. The Kier molecular flexibility index (Phi) is 2.15. The summed E-state index contributed by atoms with van der Waals surface area (Å²) in [6, 6.07) is 0. The standard InChI is InChI=1S/C7H9N3O/c1-5(2)7-6(11-3)4-8-10-9-7/h4H,1H2,2-3H3. The van der Waals surface area contributed by atoms with Gasteiger partial charge in [0, 0.05) is 0 Å². The Balaban J connectivity index is 3.12. The Labute approximate surface area is 64.9 Å². The van der Waals surface area contributed by atoms with Crippen LogP contribution in [0.4, 0.5) is 0 Å². The monoisotopic (exact) mass is 151 g/mol. The minimum atomic E-state index is 0.604. The number of hydrogen-bond acceptors (Lipinski definition) is 4. The van der Waals surface area contributed by atoms with E-state index in [1.54, 1.807) is 7.11 Å². The summed E-state index contributed by atoms with van der Waals surface area (Å²) < 4.78 is 4.98. The highest BCUT2D eigenvalue weighted by molar-refractivity contribution is 5.62. The third-order valence-electron chi connectivity index (χ3n) is 1.23. The van der Waals surface area contributed by atoms with Crippen molar-refractivity contribution >= 4 is 5.57 Å². The maximum absolute atomic E-state index is 4.98. The highest BCUT2D eigenvalue weighted by atomic mass is 16.5. The topological polar surface area (TPSA) is 47.9 Å². The van der Waals surface area contributed by atoms with Crippen molar-refractivity contribution in [2.24, 2.45) is 0 Å². The van der Waals surface area contributed by atoms with E-state index in [-0.39, 0.29) is 0 Å². The van der Waals surface area contributed by atoms with Gasteiger partial charge in [-0.15, -0.1) is 10.2 Å². The van der Waals surface area contributed by atoms with Crippen molar-refractivity contribution < 1.29 is 4.74 Å². The van der Waals surface area contributed by atoms with Gasteiger partial charge in [0.15, 0.2) is 5.75 Å². The van der Waals surface area contributed by atoms with E-state index in [1.807, 2.05) is 6.92 Å². The number of nitrogens with zero attached hydrogens (tertiary/aromatic N) is 3. The van der Waals surface area contributed by atoms with Gasteiger partial charge in [0.1, 0.15) is 5.69 Å². The number of allylic oxidation sites excluding steroid dienone is 1. The summed E-state index contributed by atoms with van der Waals surface area (Å²) in [6.45, 7) is 5.56. The Bertz CT molecular complexity index is 272. The molecule has 0 aromatic carbocycles. The molecular weight excluding hydrogens is 142 g/mol. The van der Waals surface area contributed by atoms with E-state index in [2.05, 4.69) is 22.0 Å². The van der Waals surface area contributed by atoms with Crippen molar-refractivity contribution in [3.05, 3.63) is 18.5 Å². The summed E-state index contributed by atoms with van der Waals surface area (Å²) in [6.07, 6.45) is 1.51. The van der Waals surface area contributed by atoms with Crippen LogP contribution in [0.15, 0.2) is 12.8 Å². The SMILES string of the molecule is C=C(C)c1nnncc1OC. The second-order valence-electron chi connectivity index (χ2n) is 2.13. The van der Waals surface area contributed by atoms with Gasteiger partial charge in [-0.3, -0.25) is 0 Å². The first-order chi connectivity index (χ1) is 5.25. The van der Waals surface area contributed by atoms with Crippen LogP contribution in [0.3, 0.4) is 0 Å². The van der Waals surface area contributed by atoms with Crippen LogP contribution < -0.4 is 4.74 Å². The van der Waals surface area contributed by atoms with Crippen molar-refractivity contribution in [2.75, 3.05) is 7.11 Å². The largest absolute Gasteiger partial charge is 0.493 e. The van der Waals surface area contributed by atoms with Gasteiger partial charge in [-0.25, -0.2) is 0 Å². The average Bonchev–Trinajstić information content (AvgIpc) is 2.04. The van der Waals surface area contributed by atoms with Gasteiger partial charge in [-0.05, 0) is 17.7 Å². The summed E-state index contributed by atoms with van der Waals surface area (Å²) >= 11 is 0. The van der Waals surface area contributed by atoms with Gasteiger partial charge in [0.25, 0.3) is 0 Å². The zero-order chi connectivity index (χ0) is 8.27. The predicted octanol–water partition coefficient (Wildman–Crippen LogP) is 0.913. The van der Waals surface area contributed by atoms with E-state index in [0.717, 1.165) is 5.57 Å². The number of aromatic nitrogens is 3. The molecule has 0 aliphatic carbocycles. The van der Waals surface area contributed by atoms with E-state index in [0.29, 0.717) is 11.4 Å². The van der Waals surface area contributed by atoms with Crippen LogP contribution in [0.5, 0.6) is 5.75 Å². The number of methoxy groups -OCH3 is 1. The molecule has 0 bridgehead atoms. The molecule has 0 saturated carbocycles. The molecule has 1 aromatic rings. The van der Waals surface area contributed by atoms with E-state index >= 15 is 0 Å². The van der Waals surface area contributed by atoms with Crippen LogP contribution in [-0.4, -0.2) is 22.5 Å². The molecule has 11 heavy (non-hydrogen) atoms. The van der Waals surface area contributed by atoms with E-state index < -0.39 is 0 Å². The van der Waals surface area contributed by atoms with Crippen molar-refractivity contribution in [2.45, 2.75) is 6.92 Å². The summed E-state index contributed by atoms with van der Waals surface area (Å²) in [4.78, 5) is 0. The van der Waals surface area contributed by atoms with Gasteiger partial charge in [-0.1, -0.05) is 6.58 Å². The Morgan fingerprint density at radius 2 is 2.36 bits per heavy atom. The highest BCUT2D eigenvalue weighted by Crippen LogP contribution is 2.18. The number of rotatable bonds is 2. The smallest absolute Gasteiger partial charge is 0.166 e. The molecule has 0 saturated heterocycles. The molecule has 0 radical (unpaired) electrons. The third kappa shape index (κ3) is 1.52. The predicted molar refractivity (Wildman–Crippen MR) is 41.1 cm³/mol. The molecule has 0 aliphatic rings. The maximum Gasteiger partial charge on any atom is 0.166 e. The van der Waals surface area contributed by atoms with Crippen molar-refractivity contribution in [3.63, 3.8) is 0 Å². The lowest BCUT2D eigenvalue weighted by atomic mass is 10.2. The maximum atomic E-state index is 4.98. The van der Waals surface area contributed by atoms with Gasteiger partial charge in [-0.2, -0.15) is 0 Å². The van der Waals surface area contributed by atoms with Gasteiger partial charge in [0.2, 0.25) is 0 Å². The molecule has 0 atom stereocenters. The molecule has 0 fully saturated rings. The zero-order valence-corrected chi connectivity index (χ0v) is 6.53. The molecule has 0 unspecified atom stereocenters. The first-order valence-corrected chi connectivity index (χ1v) is 3.14. The molecule has 4 nitrogen and oxygen atoms in total. The fourth-order valence-electron chi connectivity index (χ4n) is 0.704. The van der Waals surface area contributed by atoms with Gasteiger partial charge >= 0.3 is 0 Å². The molecule has 0 N–H and O–H groups in total. The fourth-order valence-corrected chi connectivity index (χ4v) is 0.704. The van der Waals surface area contributed by atoms with Gasteiger partial charge in [0.05, 0.1) is 13.3 Å². The van der Waals surface area contributed by atoms with Crippen molar-refractivity contribution in [3.8, 4) is 5.75 Å². The third-order valence-corrected chi connectivity index (χ3v) is 1.23. The van der Waals surface area contributed by atoms with Gasteiger partial charge < -0.3 is 4.74 Å². The van der Waals surface area contributed by atoms with Crippen molar-refractivity contribution in [1.29, 1.82) is 0 Å². The van der Waals surface area contributed by atoms with E-state index in [4.69, 9.17) is 4.74 Å². The van der Waals surface area contributed by atoms with E-state index in [9.17, 15) is 0 Å². The first-order valence-electron chi connectivity index (χ1n) is 3.14. The minimum absolute atomic E-state index is 0.604. The lowest BCUT2D eigenvalue weighted by Gasteiger charge is -2.02. The Hall–Kier alpha value is -1.45. The minimum Gasteiger partial charge on any atom is -0.493 e. The second-order valence-corrected chi connectivity index (χ2v) is 2.13. The zero-order valence-electron chi connectivity index (χ0n) is 6.53. The van der Waals surface area contributed by atoms with E-state index in [1.165, 1.54) is 6.20 Å². The molecule has 0 spiro atoms. The van der Waals surface area contributed by atoms with Crippen LogP contribution >= 0.6 is 0 Å². The first kappa shape index (κ1) is 7.65. The van der Waals surface area contributed by atoms with Crippen LogP contribution in [0, 0.1) is 0 Å². The summed E-state index contributed by atoms with van der Waals surface area (Å²) in [5, 5.41) is 10.8. The van der Waals surface area contributed by atoms with Crippen LogP contribution in [0.2, 0.25) is 0 Å². The summed E-state index contributed by atoms with van der Waals surface area (Å²) in [7, 11) is 1.56. The number of ether oxygens (including phenoxy) is 1.